The predicted molar refractivity (Wildman–Crippen MR) is 81.4 cm³/mol. The highest BCUT2D eigenvalue weighted by Crippen LogP contribution is 2.37. The molecule has 19 heavy (non-hydrogen) atoms. The Labute approximate surface area is 125 Å². The molecule has 0 saturated heterocycles. The number of rotatable bonds is 7. The van der Waals surface area contributed by atoms with Crippen LogP contribution in [0.2, 0.25) is 18.1 Å². The monoisotopic (exact) mass is 293 g/mol. The maximum atomic E-state index is 12.0. The van der Waals surface area contributed by atoms with Crippen molar-refractivity contribution in [1.82, 2.24) is 5.06 Å². The number of hydrogen-bond donors (Lipinski definition) is 0. The first-order valence-corrected chi connectivity index (χ1v) is 9.40. The standard InChI is InChI=1S/C14H31NO3Si/c1-12(18-19(7,8)14(2,3)4)10-9-11-13(16)15(5)17-6/h12H,9-11H2,1-8H3/t12-/m0/s1/i9D2,11D2. The van der Waals surface area contributed by atoms with Gasteiger partial charge in [0.25, 0.3) is 0 Å². The molecular weight excluding hydrogens is 258 g/mol. The van der Waals surface area contributed by atoms with Gasteiger partial charge in [-0.25, -0.2) is 5.06 Å². The van der Waals surface area contributed by atoms with Gasteiger partial charge in [-0.05, 0) is 37.8 Å². The Morgan fingerprint density at radius 3 is 2.37 bits per heavy atom. The first-order chi connectivity index (χ1) is 9.99. The molecule has 0 aromatic rings. The van der Waals surface area contributed by atoms with Crippen molar-refractivity contribution >= 4 is 14.2 Å². The van der Waals surface area contributed by atoms with E-state index in [-0.39, 0.29) is 11.5 Å². The van der Waals surface area contributed by atoms with Gasteiger partial charge in [0, 0.05) is 25.0 Å². The van der Waals surface area contributed by atoms with E-state index in [1.54, 1.807) is 6.92 Å². The third-order valence-electron chi connectivity index (χ3n) is 3.45. The van der Waals surface area contributed by atoms with Crippen molar-refractivity contribution in [3.63, 3.8) is 0 Å². The van der Waals surface area contributed by atoms with Gasteiger partial charge in [0.05, 0.1) is 7.11 Å². The van der Waals surface area contributed by atoms with E-state index in [0.29, 0.717) is 5.06 Å². The fourth-order valence-electron chi connectivity index (χ4n) is 1.15. The van der Waals surface area contributed by atoms with Crippen LogP contribution >= 0.6 is 0 Å². The summed E-state index contributed by atoms with van der Waals surface area (Å²) in [5, 5.41) is 0.677. The van der Waals surface area contributed by atoms with Crippen LogP contribution in [0.4, 0.5) is 0 Å². The Hall–Kier alpha value is -0.393. The van der Waals surface area contributed by atoms with Gasteiger partial charge in [0.1, 0.15) is 0 Å². The lowest BCUT2D eigenvalue weighted by Gasteiger charge is -2.38. The summed E-state index contributed by atoms with van der Waals surface area (Å²) in [4.78, 5) is 16.7. The molecule has 5 heteroatoms. The Balaban J connectivity index is 5.15. The van der Waals surface area contributed by atoms with Crippen molar-refractivity contribution in [2.45, 2.75) is 71.1 Å². The lowest BCUT2D eigenvalue weighted by molar-refractivity contribution is -0.168. The van der Waals surface area contributed by atoms with Crippen molar-refractivity contribution in [1.29, 1.82) is 0 Å². The summed E-state index contributed by atoms with van der Waals surface area (Å²) in [6.45, 7) is 12.1. The molecule has 0 spiro atoms. The van der Waals surface area contributed by atoms with Crippen molar-refractivity contribution in [2.24, 2.45) is 0 Å². The first-order valence-electron chi connectivity index (χ1n) is 8.49. The summed E-state index contributed by atoms with van der Waals surface area (Å²) in [6, 6.07) is 0. The third-order valence-corrected chi connectivity index (χ3v) is 8.05. The Kier molecular flexibility index (Phi) is 4.82. The molecule has 0 fully saturated rings. The minimum absolute atomic E-state index is 0.0287. The molecule has 4 nitrogen and oxygen atoms in total. The van der Waals surface area contributed by atoms with Gasteiger partial charge in [0.2, 0.25) is 5.91 Å². The maximum Gasteiger partial charge on any atom is 0.245 e. The average molecular weight is 294 g/mol. The van der Waals surface area contributed by atoms with Gasteiger partial charge in [-0.3, -0.25) is 9.63 Å². The van der Waals surface area contributed by atoms with Crippen LogP contribution in [0.15, 0.2) is 0 Å². The minimum Gasteiger partial charge on any atom is -0.414 e. The van der Waals surface area contributed by atoms with Gasteiger partial charge in [-0.1, -0.05) is 20.8 Å². The molecule has 0 aliphatic heterocycles. The Morgan fingerprint density at radius 2 is 1.95 bits per heavy atom. The minimum atomic E-state index is -2.71. The molecule has 0 aliphatic rings. The maximum absolute atomic E-state index is 12.0. The molecule has 0 aromatic carbocycles. The largest absolute Gasteiger partial charge is 0.414 e. The summed E-state index contributed by atoms with van der Waals surface area (Å²) in [6.07, 6.45) is -5.79. The molecule has 0 aromatic heterocycles. The molecule has 0 radical (unpaired) electrons. The van der Waals surface area contributed by atoms with Gasteiger partial charge < -0.3 is 4.43 Å². The second-order valence-corrected chi connectivity index (χ2v) is 10.9. The summed E-state index contributed by atoms with van der Waals surface area (Å²) < 4.78 is 38.0. The highest BCUT2D eigenvalue weighted by Gasteiger charge is 2.38. The molecule has 114 valence electrons. The molecule has 0 bridgehead atoms. The van der Waals surface area contributed by atoms with Crippen molar-refractivity contribution in [3.05, 3.63) is 0 Å². The number of nitrogens with zero attached hydrogens (tertiary/aromatic N) is 1. The number of amides is 1. The summed E-state index contributed by atoms with van der Waals surface area (Å²) in [7, 11) is 0.393. The lowest BCUT2D eigenvalue weighted by Crippen LogP contribution is -2.43. The zero-order valence-electron chi connectivity index (χ0n) is 17.5. The highest BCUT2D eigenvalue weighted by molar-refractivity contribution is 6.74. The van der Waals surface area contributed by atoms with Crippen molar-refractivity contribution < 1.29 is 19.5 Å². The molecule has 0 saturated carbocycles. The zero-order chi connectivity index (χ0) is 18.9. The fraction of sp³-hybridized carbons (Fsp3) is 0.929. The molecule has 0 unspecified atom stereocenters. The van der Waals surface area contributed by atoms with E-state index < -0.39 is 33.1 Å². The van der Waals surface area contributed by atoms with Gasteiger partial charge >= 0.3 is 0 Å². The SMILES string of the molecule is [2H]C([2H])(C[C@H](C)O[Si](C)(C)C(C)(C)C)C([2H])([2H])C(=O)N(C)OC. The Bertz CT molecular complexity index is 425. The van der Waals surface area contributed by atoms with E-state index in [4.69, 9.17) is 9.91 Å². The molecule has 1 amide bonds. The summed E-state index contributed by atoms with van der Waals surface area (Å²) >= 11 is 0. The van der Waals surface area contributed by atoms with Gasteiger partial charge in [-0.2, -0.15) is 0 Å². The molecule has 0 N–H and O–H groups in total. The summed E-state index contributed by atoms with van der Waals surface area (Å²) in [5.41, 5.74) is 0. The van der Waals surface area contributed by atoms with Gasteiger partial charge in [-0.15, -0.1) is 0 Å². The number of carbonyl (C=O) groups excluding carboxylic acids is 1. The van der Waals surface area contributed by atoms with Crippen LogP contribution in [0.25, 0.3) is 0 Å². The molecule has 1 atom stereocenters. The van der Waals surface area contributed by atoms with Crippen LogP contribution in [0.3, 0.4) is 0 Å². The van der Waals surface area contributed by atoms with Crippen LogP contribution in [0.1, 0.15) is 52.3 Å². The van der Waals surface area contributed by atoms with Crippen LogP contribution < -0.4 is 0 Å². The fourth-order valence-corrected chi connectivity index (χ4v) is 2.60. The third kappa shape index (κ3) is 6.54. The van der Waals surface area contributed by atoms with Crippen LogP contribution in [0.5, 0.6) is 0 Å². The first kappa shape index (κ1) is 12.4. The smallest absolute Gasteiger partial charge is 0.245 e. The van der Waals surface area contributed by atoms with Gasteiger partial charge in [0.15, 0.2) is 8.32 Å². The van der Waals surface area contributed by atoms with Crippen LogP contribution in [-0.4, -0.2) is 39.5 Å². The predicted octanol–water partition coefficient (Wildman–Crippen LogP) is 3.59. The van der Waals surface area contributed by atoms with E-state index in [1.165, 1.54) is 14.2 Å². The number of hydroxylamine groups is 2. The average Bonchev–Trinajstić information content (AvgIpc) is 2.33. The molecule has 0 heterocycles. The second-order valence-electron chi connectivity index (χ2n) is 6.18. The van der Waals surface area contributed by atoms with E-state index in [2.05, 4.69) is 38.7 Å². The topological polar surface area (TPSA) is 38.8 Å². The molecule has 0 aliphatic carbocycles. The molecule has 0 rings (SSSR count). The van der Waals surface area contributed by atoms with Crippen LogP contribution in [-0.2, 0) is 14.1 Å². The van der Waals surface area contributed by atoms with E-state index in [0.717, 1.165) is 0 Å². The number of carbonyl (C=O) groups is 1. The normalized spacial score (nSPS) is 18.9. The van der Waals surface area contributed by atoms with Crippen molar-refractivity contribution in [3.8, 4) is 0 Å². The number of hydrogen-bond acceptors (Lipinski definition) is 3. The molecular formula is C14H31NO3Si. The van der Waals surface area contributed by atoms with E-state index >= 15 is 0 Å². The van der Waals surface area contributed by atoms with Crippen LogP contribution in [0, 0.1) is 0 Å². The highest BCUT2D eigenvalue weighted by atomic mass is 28.4. The second kappa shape index (κ2) is 7.41. The van der Waals surface area contributed by atoms with Crippen molar-refractivity contribution in [2.75, 3.05) is 14.2 Å². The van der Waals surface area contributed by atoms with E-state index in [1.807, 2.05) is 0 Å². The summed E-state index contributed by atoms with van der Waals surface area (Å²) in [5.74, 6) is -1.05. The zero-order valence-corrected chi connectivity index (χ0v) is 14.5. The Morgan fingerprint density at radius 1 is 1.42 bits per heavy atom. The quantitative estimate of drug-likeness (QED) is 0.532. The van der Waals surface area contributed by atoms with E-state index in [9.17, 15) is 4.79 Å². The lowest BCUT2D eigenvalue weighted by atomic mass is 10.2.